The van der Waals surface area contributed by atoms with Crippen LogP contribution in [0, 0.1) is 0 Å². The number of carbonyl (C=O) groups is 1. The Morgan fingerprint density at radius 2 is 1.67 bits per heavy atom. The predicted octanol–water partition coefficient (Wildman–Crippen LogP) is 4.76. The van der Waals surface area contributed by atoms with E-state index in [9.17, 15) is 4.79 Å². The van der Waals surface area contributed by atoms with Crippen molar-refractivity contribution >= 4 is 28.7 Å². The van der Waals surface area contributed by atoms with Crippen molar-refractivity contribution in [3.05, 3.63) is 109 Å². The number of aromatic nitrogens is 4. The number of benzene rings is 3. The molecule has 0 bridgehead atoms. The van der Waals surface area contributed by atoms with Gasteiger partial charge in [-0.1, -0.05) is 72.4 Å². The molecule has 6 nitrogen and oxygen atoms in total. The van der Waals surface area contributed by atoms with Crippen molar-refractivity contribution in [2.45, 2.75) is 11.2 Å². The number of thioether (sulfide) groups is 1. The van der Waals surface area contributed by atoms with E-state index in [0.717, 1.165) is 33.3 Å². The molecule has 0 aliphatic heterocycles. The lowest BCUT2D eigenvalue weighted by atomic mass is 10.1. The van der Waals surface area contributed by atoms with E-state index in [0.29, 0.717) is 0 Å². The Bertz CT molecular complexity index is 1380. The van der Waals surface area contributed by atoms with Gasteiger partial charge in [-0.3, -0.25) is 9.36 Å². The first-order valence-corrected chi connectivity index (χ1v) is 11.7. The molecule has 0 aliphatic rings. The average molecular weight is 454 g/mol. The molecule has 2 aromatic heterocycles. The lowest BCUT2D eigenvalue weighted by Gasteiger charge is -2.19. The number of hydrogen-bond donors (Lipinski definition) is 1. The van der Waals surface area contributed by atoms with E-state index >= 15 is 0 Å². The summed E-state index contributed by atoms with van der Waals surface area (Å²) < 4.78 is 4.03. The van der Waals surface area contributed by atoms with Crippen LogP contribution in [0.5, 0.6) is 0 Å². The van der Waals surface area contributed by atoms with Crippen LogP contribution in [0.1, 0.15) is 17.4 Å². The molecule has 2 heterocycles. The van der Waals surface area contributed by atoms with Gasteiger partial charge in [-0.2, -0.15) is 0 Å². The summed E-state index contributed by atoms with van der Waals surface area (Å²) in [6.07, 6.45) is 3.63. The van der Waals surface area contributed by atoms with Crippen LogP contribution in [-0.2, 0) is 11.8 Å². The molecule has 0 aliphatic carbocycles. The monoisotopic (exact) mass is 453 g/mol. The fourth-order valence-electron chi connectivity index (χ4n) is 3.86. The molecule has 164 valence electrons. The second kappa shape index (κ2) is 9.34. The molecule has 0 fully saturated rings. The minimum atomic E-state index is -0.327. The van der Waals surface area contributed by atoms with E-state index < -0.39 is 0 Å². The quantitative estimate of drug-likeness (QED) is 0.361. The van der Waals surface area contributed by atoms with Crippen LogP contribution in [0.2, 0.25) is 0 Å². The summed E-state index contributed by atoms with van der Waals surface area (Å²) in [5.74, 6) is 0.948. The third kappa shape index (κ3) is 4.40. The molecular weight excluding hydrogens is 430 g/mol. The van der Waals surface area contributed by atoms with E-state index in [1.165, 1.54) is 11.8 Å². The summed E-state index contributed by atoms with van der Waals surface area (Å²) in [6, 6.07) is 27.7. The van der Waals surface area contributed by atoms with E-state index in [1.54, 1.807) is 6.20 Å². The van der Waals surface area contributed by atoms with Gasteiger partial charge >= 0.3 is 0 Å². The SMILES string of the molecule is Cn1ccnc1[C@H](NC(=O)CSc1nc2ccccc2n1-c1ccccc1)c1ccccc1. The van der Waals surface area contributed by atoms with Crippen molar-refractivity contribution in [3.8, 4) is 5.69 Å². The highest BCUT2D eigenvalue weighted by molar-refractivity contribution is 7.99. The number of carbonyl (C=O) groups excluding carboxylic acids is 1. The molecule has 0 saturated carbocycles. The molecule has 0 unspecified atom stereocenters. The van der Waals surface area contributed by atoms with Crippen molar-refractivity contribution in [1.82, 2.24) is 24.4 Å². The van der Waals surface area contributed by atoms with Gasteiger partial charge in [-0.15, -0.1) is 0 Å². The molecule has 5 aromatic rings. The summed E-state index contributed by atoms with van der Waals surface area (Å²) in [4.78, 5) is 22.3. The van der Waals surface area contributed by atoms with E-state index in [4.69, 9.17) is 4.98 Å². The lowest BCUT2D eigenvalue weighted by molar-refractivity contribution is -0.119. The molecule has 0 saturated heterocycles. The molecule has 3 aromatic carbocycles. The zero-order valence-electron chi connectivity index (χ0n) is 18.1. The molecule has 0 spiro atoms. The number of nitrogens with zero attached hydrogens (tertiary/aromatic N) is 4. The molecule has 1 amide bonds. The third-order valence-electron chi connectivity index (χ3n) is 5.43. The van der Waals surface area contributed by atoms with E-state index in [1.807, 2.05) is 103 Å². The number of rotatable bonds is 7. The maximum absolute atomic E-state index is 13.1. The number of amides is 1. The topological polar surface area (TPSA) is 64.7 Å². The smallest absolute Gasteiger partial charge is 0.231 e. The lowest BCUT2D eigenvalue weighted by Crippen LogP contribution is -2.32. The number of para-hydroxylation sites is 3. The first-order valence-electron chi connectivity index (χ1n) is 10.7. The number of imidazole rings is 2. The van der Waals surface area contributed by atoms with Crippen LogP contribution in [0.3, 0.4) is 0 Å². The summed E-state index contributed by atoms with van der Waals surface area (Å²) in [6.45, 7) is 0. The number of aryl methyl sites for hydroxylation is 1. The van der Waals surface area contributed by atoms with E-state index in [-0.39, 0.29) is 17.7 Å². The first kappa shape index (κ1) is 21.0. The highest BCUT2D eigenvalue weighted by Gasteiger charge is 2.21. The number of hydrogen-bond acceptors (Lipinski definition) is 4. The average Bonchev–Trinajstić information content (AvgIpc) is 3.45. The van der Waals surface area contributed by atoms with Crippen LogP contribution >= 0.6 is 11.8 Å². The molecule has 5 rings (SSSR count). The van der Waals surface area contributed by atoms with E-state index in [2.05, 4.69) is 14.9 Å². The Morgan fingerprint density at radius 1 is 0.970 bits per heavy atom. The zero-order valence-corrected chi connectivity index (χ0v) is 18.9. The van der Waals surface area contributed by atoms with Gasteiger partial charge < -0.3 is 9.88 Å². The molecule has 0 radical (unpaired) electrons. The number of fused-ring (bicyclic) bond motifs is 1. The largest absolute Gasteiger partial charge is 0.341 e. The summed E-state index contributed by atoms with van der Waals surface area (Å²) in [7, 11) is 1.93. The fourth-order valence-corrected chi connectivity index (χ4v) is 4.70. The van der Waals surface area contributed by atoms with Crippen LogP contribution < -0.4 is 5.32 Å². The Kier molecular flexibility index (Phi) is 5.95. The molecule has 7 heteroatoms. The second-order valence-electron chi connectivity index (χ2n) is 7.65. The van der Waals surface area contributed by atoms with Crippen molar-refractivity contribution in [2.75, 3.05) is 5.75 Å². The van der Waals surface area contributed by atoms with Gasteiger partial charge in [0.05, 0.1) is 16.8 Å². The Labute approximate surface area is 196 Å². The molecule has 33 heavy (non-hydrogen) atoms. The predicted molar refractivity (Wildman–Crippen MR) is 131 cm³/mol. The summed E-state index contributed by atoms with van der Waals surface area (Å²) in [5.41, 5.74) is 3.92. The Hall–Kier alpha value is -3.84. The van der Waals surface area contributed by atoms with Gasteiger partial charge in [0.15, 0.2) is 5.16 Å². The van der Waals surface area contributed by atoms with Crippen molar-refractivity contribution in [2.24, 2.45) is 7.05 Å². The highest BCUT2D eigenvalue weighted by atomic mass is 32.2. The fraction of sp³-hybridized carbons (Fsp3) is 0.115. The van der Waals surface area contributed by atoms with Gasteiger partial charge in [-0.25, -0.2) is 9.97 Å². The minimum Gasteiger partial charge on any atom is -0.341 e. The first-order chi connectivity index (χ1) is 16.2. The van der Waals surface area contributed by atoms with Crippen molar-refractivity contribution < 1.29 is 4.79 Å². The minimum absolute atomic E-state index is 0.0801. The Morgan fingerprint density at radius 3 is 2.39 bits per heavy atom. The van der Waals surface area contributed by atoms with Crippen LogP contribution in [-0.4, -0.2) is 30.8 Å². The van der Waals surface area contributed by atoms with Crippen LogP contribution in [0.25, 0.3) is 16.7 Å². The van der Waals surface area contributed by atoms with Crippen LogP contribution in [0.4, 0.5) is 0 Å². The second-order valence-corrected chi connectivity index (χ2v) is 8.59. The number of nitrogens with one attached hydrogen (secondary N) is 1. The van der Waals surface area contributed by atoms with Gasteiger partial charge in [-0.05, 0) is 29.8 Å². The van der Waals surface area contributed by atoms with Crippen LogP contribution in [0.15, 0.2) is 102 Å². The summed E-state index contributed by atoms with van der Waals surface area (Å²) >= 11 is 1.43. The molecular formula is C26H23N5OS. The third-order valence-corrected chi connectivity index (χ3v) is 6.37. The van der Waals surface area contributed by atoms with Gasteiger partial charge in [0.25, 0.3) is 0 Å². The van der Waals surface area contributed by atoms with Gasteiger partial charge in [0.2, 0.25) is 5.91 Å². The highest BCUT2D eigenvalue weighted by Crippen LogP contribution is 2.28. The zero-order chi connectivity index (χ0) is 22.6. The molecule has 1 N–H and O–H groups in total. The maximum atomic E-state index is 13.1. The van der Waals surface area contributed by atoms with Gasteiger partial charge in [0.1, 0.15) is 11.9 Å². The van der Waals surface area contributed by atoms with Crippen molar-refractivity contribution in [1.29, 1.82) is 0 Å². The van der Waals surface area contributed by atoms with Gasteiger partial charge in [0, 0.05) is 25.1 Å². The standard InChI is InChI=1S/C26H23N5OS/c1-30-17-16-27-25(30)24(19-10-4-2-5-11-19)29-23(32)18-33-26-28-21-14-8-9-15-22(21)31(26)20-12-6-3-7-13-20/h2-17,24H,18H2,1H3,(H,29,32)/t24-/m1/s1. The summed E-state index contributed by atoms with van der Waals surface area (Å²) in [5, 5.41) is 3.94. The normalized spacial score (nSPS) is 12.0. The van der Waals surface area contributed by atoms with Crippen molar-refractivity contribution in [3.63, 3.8) is 0 Å². The molecule has 1 atom stereocenters. The Balaban J connectivity index is 1.39. The maximum Gasteiger partial charge on any atom is 0.231 e.